The summed E-state index contributed by atoms with van der Waals surface area (Å²) in [6.07, 6.45) is 4.65. The van der Waals surface area contributed by atoms with E-state index >= 15 is 0 Å². The topological polar surface area (TPSA) is 11.4 Å². The van der Waals surface area contributed by atoms with Gasteiger partial charge in [0.1, 0.15) is 0 Å². The quantitative estimate of drug-likeness (QED) is 0.163. The van der Waals surface area contributed by atoms with Crippen LogP contribution in [0.15, 0.2) is 127 Å². The van der Waals surface area contributed by atoms with Crippen molar-refractivity contribution in [2.24, 2.45) is 0 Å². The molecule has 3 nitrogen and oxygen atoms in total. The van der Waals surface area contributed by atoms with Gasteiger partial charge in [0, 0.05) is 56.0 Å². The summed E-state index contributed by atoms with van der Waals surface area (Å²) in [5, 5.41) is 2.61. The number of rotatable bonds is 3. The summed E-state index contributed by atoms with van der Waals surface area (Å²) in [7, 11) is 0. The van der Waals surface area contributed by atoms with Crippen LogP contribution in [0.3, 0.4) is 0 Å². The molecule has 0 spiro atoms. The second-order valence-electron chi connectivity index (χ2n) is 35.4. The van der Waals surface area contributed by atoms with E-state index in [1.54, 1.807) is 0 Å². The second-order valence-corrected chi connectivity index (χ2v) is 35.4. The summed E-state index contributed by atoms with van der Waals surface area (Å²) in [4.78, 5) is 5.50. The average molecular weight is 1160 g/mol. The summed E-state index contributed by atoms with van der Waals surface area (Å²) in [5.41, 5.74) is 33.5. The summed E-state index contributed by atoms with van der Waals surface area (Å²) < 4.78 is 2.62. The first-order valence-corrected chi connectivity index (χ1v) is 33.4. The van der Waals surface area contributed by atoms with Gasteiger partial charge in [0.2, 0.25) is 0 Å². The van der Waals surface area contributed by atoms with E-state index < -0.39 is 0 Å². The lowest BCUT2D eigenvalue weighted by Gasteiger charge is -2.48. The Bertz CT molecular complexity index is 4480. The molecular formula is C84H98BN3. The third-order valence-corrected chi connectivity index (χ3v) is 22.8. The number of aryl methyl sites for hydroxylation is 1. The van der Waals surface area contributed by atoms with Crippen molar-refractivity contribution < 1.29 is 0 Å². The number of fused-ring (bicyclic) bond motifs is 12. The van der Waals surface area contributed by atoms with Crippen LogP contribution in [0.25, 0.3) is 38.6 Å². The fourth-order valence-corrected chi connectivity index (χ4v) is 16.7. The number of anilines is 6. The Morgan fingerprint density at radius 2 is 0.773 bits per heavy atom. The van der Waals surface area contributed by atoms with Crippen molar-refractivity contribution in [2.75, 3.05) is 9.80 Å². The van der Waals surface area contributed by atoms with Crippen LogP contribution in [0.2, 0.25) is 0 Å². The molecule has 0 amide bonds. The zero-order chi connectivity index (χ0) is 63.1. The number of benzene rings is 8. The van der Waals surface area contributed by atoms with Crippen LogP contribution >= 0.6 is 0 Å². The van der Waals surface area contributed by atoms with Crippen molar-refractivity contribution in [3.63, 3.8) is 0 Å². The zero-order valence-electron chi connectivity index (χ0n) is 57.9. The van der Waals surface area contributed by atoms with E-state index in [2.05, 4.69) is 301 Å². The Kier molecular flexibility index (Phi) is 12.3. The Labute approximate surface area is 529 Å². The summed E-state index contributed by atoms with van der Waals surface area (Å²) >= 11 is 0. The molecule has 14 rings (SSSR count). The Hall–Kier alpha value is -6.78. The normalized spacial score (nSPS) is 18.4. The van der Waals surface area contributed by atoms with Gasteiger partial charge in [-0.3, -0.25) is 0 Å². The zero-order valence-corrected chi connectivity index (χ0v) is 57.9. The minimum Gasteiger partial charge on any atom is -0.311 e. The molecule has 0 N–H and O–H groups in total. The maximum Gasteiger partial charge on any atom is 0.252 e. The largest absolute Gasteiger partial charge is 0.311 e. The molecule has 0 fully saturated rings. The fraction of sp³-hybridized carbons (Fsp3) is 0.429. The smallest absolute Gasteiger partial charge is 0.252 e. The fourth-order valence-electron chi connectivity index (χ4n) is 16.7. The molecule has 0 atom stereocenters. The Balaban J connectivity index is 1.14. The predicted molar refractivity (Wildman–Crippen MR) is 382 cm³/mol. The molecule has 0 saturated heterocycles. The highest BCUT2D eigenvalue weighted by atomic mass is 15.2. The van der Waals surface area contributed by atoms with Gasteiger partial charge in [0.15, 0.2) is 0 Å². The lowest BCUT2D eigenvalue weighted by atomic mass is 9.33. The van der Waals surface area contributed by atoms with Crippen molar-refractivity contribution >= 4 is 79.0 Å². The molecule has 2 aliphatic heterocycles. The van der Waals surface area contributed by atoms with Crippen molar-refractivity contribution in [3.8, 4) is 16.8 Å². The molecular weight excluding hydrogens is 1060 g/mol. The van der Waals surface area contributed by atoms with E-state index in [4.69, 9.17) is 0 Å². The molecule has 3 aliphatic carbocycles. The number of nitrogens with zero attached hydrogens (tertiary/aromatic N) is 3. The van der Waals surface area contributed by atoms with Gasteiger partial charge >= 0.3 is 0 Å². The molecule has 88 heavy (non-hydrogen) atoms. The van der Waals surface area contributed by atoms with E-state index in [1.807, 2.05) is 0 Å². The maximum atomic E-state index is 2.76. The predicted octanol–water partition coefficient (Wildman–Crippen LogP) is 21.4. The molecule has 0 unspecified atom stereocenters. The molecule has 0 saturated carbocycles. The molecule has 4 heteroatoms. The number of aromatic nitrogens is 1. The number of hydrogen-bond acceptors (Lipinski definition) is 2. The standard InChI is InChI=1S/C84H98BN3/c1-49-38-50(76(2,3)4)25-32-68(49)88-69-33-26-51(77(5,6)7)39-58(69)59-45-66-72(48-70(59)88)87(54-27-30-57-56-29-24-52(78(8,9)10)40-61(56)84(22,23)62(57)43-54)74-42-53(79(11,12)13)41-73-75(74)85(66)67-46-64-65(83(20,21)37-36-82(64,18)19)47-71(67)86(73)55-28-31-60-63(44-55)81(16,17)35-34-80(60,14)15/h24-33,38-48H,34-37H2,1-23H3. The van der Waals surface area contributed by atoms with Crippen LogP contribution < -0.4 is 26.2 Å². The second kappa shape index (κ2) is 18.4. The maximum absolute atomic E-state index is 2.76. The summed E-state index contributed by atoms with van der Waals surface area (Å²) in [6, 6.07) is 53.1. The lowest BCUT2D eigenvalue weighted by molar-refractivity contribution is 0.332. The first kappa shape index (κ1) is 58.9. The first-order valence-electron chi connectivity index (χ1n) is 33.4. The molecule has 0 bridgehead atoms. The van der Waals surface area contributed by atoms with Crippen LogP contribution in [0.1, 0.15) is 239 Å². The third-order valence-electron chi connectivity index (χ3n) is 22.8. The Morgan fingerprint density at radius 3 is 1.34 bits per heavy atom. The first-order chi connectivity index (χ1) is 40.8. The van der Waals surface area contributed by atoms with E-state index in [1.165, 1.54) is 157 Å². The van der Waals surface area contributed by atoms with Crippen molar-refractivity contribution in [2.45, 2.75) is 234 Å². The van der Waals surface area contributed by atoms with Crippen LogP contribution in [0.4, 0.5) is 34.1 Å². The van der Waals surface area contributed by atoms with Crippen molar-refractivity contribution in [1.82, 2.24) is 4.57 Å². The van der Waals surface area contributed by atoms with Gasteiger partial charge in [-0.2, -0.15) is 0 Å². The van der Waals surface area contributed by atoms with E-state index in [9.17, 15) is 0 Å². The monoisotopic (exact) mass is 1160 g/mol. The van der Waals surface area contributed by atoms with Crippen LogP contribution in [-0.2, 0) is 48.7 Å². The molecule has 3 heterocycles. The minimum atomic E-state index is -0.224. The molecule has 9 aromatic rings. The van der Waals surface area contributed by atoms with Gasteiger partial charge < -0.3 is 14.4 Å². The summed E-state index contributed by atoms with van der Waals surface area (Å²) in [6.45, 7) is 55.6. The van der Waals surface area contributed by atoms with Crippen LogP contribution in [0.5, 0.6) is 0 Å². The highest BCUT2D eigenvalue weighted by molar-refractivity contribution is 7.00. The van der Waals surface area contributed by atoms with Gasteiger partial charge in [-0.25, -0.2) is 0 Å². The highest BCUT2D eigenvalue weighted by Crippen LogP contribution is 2.56. The lowest BCUT2D eigenvalue weighted by Crippen LogP contribution is -2.62. The van der Waals surface area contributed by atoms with Crippen molar-refractivity contribution in [3.05, 3.63) is 189 Å². The number of hydrogen-bond donors (Lipinski definition) is 0. The van der Waals surface area contributed by atoms with Gasteiger partial charge in [-0.15, -0.1) is 0 Å². The highest BCUT2D eigenvalue weighted by Gasteiger charge is 2.49. The SMILES string of the molecule is Cc1cc(C(C)(C)C)ccc1-n1c2ccc(C(C)(C)C)cc2c2cc3c(cc21)N(c1ccc2c(c1)C(C)(C)c1cc(C(C)(C)C)ccc1-2)c1cc(C(C)(C)C)cc2c1B3c1cc3c(cc1N2c1ccc2c(c1)C(C)(C)CCC2(C)C)C(C)(C)CCC3(C)C. The Morgan fingerprint density at radius 1 is 0.341 bits per heavy atom. The molecule has 1 aromatic heterocycles. The average Bonchev–Trinajstić information content (AvgIpc) is 0.894. The molecule has 5 aliphatic rings. The van der Waals surface area contributed by atoms with Crippen molar-refractivity contribution in [1.29, 1.82) is 0 Å². The summed E-state index contributed by atoms with van der Waals surface area (Å²) in [5.74, 6) is 0. The van der Waals surface area contributed by atoms with Gasteiger partial charge in [0.25, 0.3) is 6.71 Å². The van der Waals surface area contributed by atoms with Crippen LogP contribution in [0, 0.1) is 6.92 Å². The van der Waals surface area contributed by atoms with E-state index in [0.29, 0.717) is 0 Å². The minimum absolute atomic E-state index is 0.00154. The van der Waals surface area contributed by atoms with E-state index in [0.717, 1.165) is 19.3 Å². The van der Waals surface area contributed by atoms with E-state index in [-0.39, 0.29) is 55.4 Å². The van der Waals surface area contributed by atoms with Gasteiger partial charge in [0.05, 0.1) is 11.0 Å². The molecule has 8 aromatic carbocycles. The third kappa shape index (κ3) is 8.69. The van der Waals surface area contributed by atoms with Gasteiger partial charge in [-0.1, -0.05) is 213 Å². The van der Waals surface area contributed by atoms with Crippen LogP contribution in [-0.4, -0.2) is 11.3 Å². The molecule has 0 radical (unpaired) electrons. The van der Waals surface area contributed by atoms with Gasteiger partial charge in [-0.05, 0) is 231 Å². The molecule has 452 valence electrons.